The molecule has 1 amide bonds. The molecule has 3 saturated heterocycles. The van der Waals surface area contributed by atoms with E-state index in [2.05, 4.69) is 23.7 Å². The number of piperidine rings is 1. The Labute approximate surface area is 171 Å². The molecule has 0 aromatic carbocycles. The van der Waals surface area contributed by atoms with Crippen molar-refractivity contribution in [1.82, 2.24) is 14.8 Å². The van der Waals surface area contributed by atoms with Crippen LogP contribution in [0.1, 0.15) is 72.2 Å². The second kappa shape index (κ2) is 7.75. The summed E-state index contributed by atoms with van der Waals surface area (Å²) in [4.78, 5) is 35.3. The van der Waals surface area contributed by atoms with Gasteiger partial charge in [0, 0.05) is 32.0 Å². The molecule has 0 radical (unpaired) electrons. The number of cyclic esters (lactones) is 1. The summed E-state index contributed by atoms with van der Waals surface area (Å²) in [5.74, 6) is 0.354. The van der Waals surface area contributed by atoms with Crippen LogP contribution in [-0.4, -0.2) is 65.5 Å². The van der Waals surface area contributed by atoms with E-state index in [0.717, 1.165) is 41.6 Å². The van der Waals surface area contributed by atoms with E-state index in [1.165, 1.54) is 24.2 Å². The van der Waals surface area contributed by atoms with E-state index >= 15 is 0 Å². The summed E-state index contributed by atoms with van der Waals surface area (Å²) < 4.78 is 5.75. The predicted octanol–water partition coefficient (Wildman–Crippen LogP) is 3.21. The number of likely N-dealkylation sites (tertiary alicyclic amines) is 2. The van der Waals surface area contributed by atoms with Gasteiger partial charge in [-0.05, 0) is 45.7 Å². The zero-order valence-electron chi connectivity index (χ0n) is 17.2. The molecule has 3 fully saturated rings. The Morgan fingerprint density at radius 1 is 1.25 bits per heavy atom. The molecule has 1 spiro atoms. The predicted molar refractivity (Wildman–Crippen MR) is 109 cm³/mol. The summed E-state index contributed by atoms with van der Waals surface area (Å²) in [6, 6.07) is 0. The first-order valence-electron chi connectivity index (χ1n) is 10.6. The van der Waals surface area contributed by atoms with Crippen LogP contribution in [0.25, 0.3) is 0 Å². The fourth-order valence-corrected chi connectivity index (χ4v) is 5.78. The van der Waals surface area contributed by atoms with Gasteiger partial charge in [-0.15, -0.1) is 11.3 Å². The van der Waals surface area contributed by atoms with Gasteiger partial charge in [0.05, 0.1) is 16.1 Å². The minimum Gasteiger partial charge on any atom is -0.461 e. The van der Waals surface area contributed by atoms with E-state index in [9.17, 15) is 9.59 Å². The number of esters is 1. The van der Waals surface area contributed by atoms with Crippen LogP contribution in [0.5, 0.6) is 0 Å². The summed E-state index contributed by atoms with van der Waals surface area (Å²) >= 11 is 1.51. The molecule has 4 rings (SSSR count). The summed E-state index contributed by atoms with van der Waals surface area (Å²) in [5.41, 5.74) is 0.442. The van der Waals surface area contributed by atoms with Gasteiger partial charge in [0.15, 0.2) is 0 Å². The zero-order chi connectivity index (χ0) is 19.9. The minimum absolute atomic E-state index is 0.0187. The molecular formula is C21H31N3O3S. The molecule has 28 heavy (non-hydrogen) atoms. The maximum Gasteiger partial charge on any atom is 0.312 e. The molecule has 1 unspecified atom stereocenters. The quantitative estimate of drug-likeness (QED) is 0.720. The molecule has 0 saturated carbocycles. The second-order valence-corrected chi connectivity index (χ2v) is 9.96. The summed E-state index contributed by atoms with van der Waals surface area (Å²) in [5, 5.41) is 1.01. The van der Waals surface area contributed by atoms with E-state index in [1.54, 1.807) is 0 Å². The number of nitrogens with zero attached hydrogens (tertiary/aromatic N) is 3. The normalized spacial score (nSPS) is 25.1. The van der Waals surface area contributed by atoms with Crippen LogP contribution < -0.4 is 0 Å². The Bertz CT molecular complexity index is 746. The fourth-order valence-electron chi connectivity index (χ4n) is 4.74. The van der Waals surface area contributed by atoms with Gasteiger partial charge in [-0.1, -0.05) is 13.8 Å². The molecule has 3 aliphatic heterocycles. The van der Waals surface area contributed by atoms with Crippen molar-refractivity contribution in [1.29, 1.82) is 0 Å². The molecule has 0 N–H and O–H groups in total. The number of aromatic nitrogens is 1. The zero-order valence-corrected chi connectivity index (χ0v) is 18.0. The summed E-state index contributed by atoms with van der Waals surface area (Å²) in [6.07, 6.45) is 4.75. The molecule has 4 heterocycles. The number of amides is 1. The van der Waals surface area contributed by atoms with Gasteiger partial charge < -0.3 is 9.64 Å². The van der Waals surface area contributed by atoms with E-state index in [0.29, 0.717) is 31.8 Å². The lowest BCUT2D eigenvalue weighted by atomic mass is 9.76. The maximum absolute atomic E-state index is 13.0. The van der Waals surface area contributed by atoms with Crippen LogP contribution in [0.3, 0.4) is 0 Å². The van der Waals surface area contributed by atoms with Gasteiger partial charge in [0.2, 0.25) is 0 Å². The highest BCUT2D eigenvalue weighted by Gasteiger charge is 2.51. The second-order valence-electron chi connectivity index (χ2n) is 8.93. The molecule has 6 nitrogen and oxygen atoms in total. The number of ether oxygens (including phenoxy) is 1. The van der Waals surface area contributed by atoms with Crippen LogP contribution in [-0.2, 0) is 9.53 Å². The highest BCUT2D eigenvalue weighted by atomic mass is 32.1. The molecule has 0 bridgehead atoms. The number of hydrogen-bond acceptors (Lipinski definition) is 6. The summed E-state index contributed by atoms with van der Waals surface area (Å²) in [6.45, 7) is 10.5. The van der Waals surface area contributed by atoms with Crippen molar-refractivity contribution in [2.75, 3.05) is 32.7 Å². The molecule has 7 heteroatoms. The highest BCUT2D eigenvalue weighted by Crippen LogP contribution is 2.43. The largest absolute Gasteiger partial charge is 0.461 e. The highest BCUT2D eigenvalue weighted by molar-refractivity contribution is 7.13. The van der Waals surface area contributed by atoms with Crippen molar-refractivity contribution in [3.8, 4) is 0 Å². The number of aryl methyl sites for hydroxylation is 1. The van der Waals surface area contributed by atoms with Crippen molar-refractivity contribution in [2.24, 2.45) is 5.41 Å². The maximum atomic E-state index is 13.0. The Kier molecular flexibility index (Phi) is 5.49. The molecule has 1 aromatic rings. The van der Waals surface area contributed by atoms with Gasteiger partial charge in [0.1, 0.15) is 11.0 Å². The number of carbonyl (C=O) groups excluding carboxylic acids is 2. The fraction of sp³-hybridized carbons (Fsp3) is 0.762. The van der Waals surface area contributed by atoms with Crippen molar-refractivity contribution in [3.05, 3.63) is 15.6 Å². The van der Waals surface area contributed by atoms with Gasteiger partial charge in [-0.3, -0.25) is 14.5 Å². The Morgan fingerprint density at radius 2 is 1.93 bits per heavy atom. The lowest BCUT2D eigenvalue weighted by molar-refractivity contribution is -0.150. The number of hydrogen-bond donors (Lipinski definition) is 0. The third-order valence-corrected chi connectivity index (χ3v) is 7.94. The number of rotatable bonds is 4. The lowest BCUT2D eigenvalue weighted by Gasteiger charge is -2.36. The van der Waals surface area contributed by atoms with E-state index in [4.69, 9.17) is 4.74 Å². The van der Waals surface area contributed by atoms with Gasteiger partial charge >= 0.3 is 5.97 Å². The van der Waals surface area contributed by atoms with Crippen LogP contribution in [0.15, 0.2) is 0 Å². The molecular weight excluding hydrogens is 374 g/mol. The first kappa shape index (κ1) is 19.8. The summed E-state index contributed by atoms with van der Waals surface area (Å²) in [7, 11) is 0. The Balaban J connectivity index is 1.37. The Morgan fingerprint density at radius 3 is 2.54 bits per heavy atom. The Hall–Kier alpha value is -1.47. The topological polar surface area (TPSA) is 62.7 Å². The smallest absolute Gasteiger partial charge is 0.312 e. The van der Waals surface area contributed by atoms with Gasteiger partial charge in [-0.2, -0.15) is 0 Å². The molecule has 1 aromatic heterocycles. The van der Waals surface area contributed by atoms with Crippen molar-refractivity contribution >= 4 is 23.2 Å². The van der Waals surface area contributed by atoms with Crippen LogP contribution in [0.2, 0.25) is 0 Å². The van der Waals surface area contributed by atoms with Crippen molar-refractivity contribution in [2.45, 2.75) is 64.9 Å². The van der Waals surface area contributed by atoms with Crippen molar-refractivity contribution < 1.29 is 14.3 Å². The first-order valence-corrected chi connectivity index (χ1v) is 11.4. The molecule has 154 valence electrons. The third-order valence-electron chi connectivity index (χ3n) is 6.49. The third kappa shape index (κ3) is 3.71. The lowest BCUT2D eigenvalue weighted by Crippen LogP contribution is -2.45. The molecule has 0 aliphatic carbocycles. The minimum atomic E-state index is -0.382. The standard InChI is InChI=1S/C21H31N3O3S/c1-14(2)18-22-15(3)17(28-18)19(25)24-10-6-21(7-11-24)12-16(27-20(21)26)13-23-8-4-5-9-23/h14,16H,4-13H2,1-3H3. The van der Waals surface area contributed by atoms with Gasteiger partial charge in [0.25, 0.3) is 5.91 Å². The molecule has 3 aliphatic rings. The molecule has 1 atom stereocenters. The van der Waals surface area contributed by atoms with Gasteiger partial charge in [-0.25, -0.2) is 4.98 Å². The SMILES string of the molecule is Cc1nc(C(C)C)sc1C(=O)N1CCC2(CC1)CC(CN1CCCC1)OC2=O. The van der Waals surface area contributed by atoms with E-state index < -0.39 is 0 Å². The van der Waals surface area contributed by atoms with Crippen LogP contribution in [0, 0.1) is 12.3 Å². The van der Waals surface area contributed by atoms with E-state index in [1.807, 2.05) is 11.8 Å². The first-order chi connectivity index (χ1) is 13.4. The van der Waals surface area contributed by atoms with Crippen molar-refractivity contribution in [3.63, 3.8) is 0 Å². The average Bonchev–Trinajstić information content (AvgIpc) is 3.37. The number of thiazole rings is 1. The number of carbonyl (C=O) groups is 2. The van der Waals surface area contributed by atoms with Crippen LogP contribution >= 0.6 is 11.3 Å². The monoisotopic (exact) mass is 405 g/mol. The average molecular weight is 406 g/mol. The van der Waals surface area contributed by atoms with E-state index in [-0.39, 0.29) is 23.4 Å². The van der Waals surface area contributed by atoms with Crippen LogP contribution in [0.4, 0.5) is 0 Å².